The van der Waals surface area contributed by atoms with Gasteiger partial charge in [-0.25, -0.2) is 4.79 Å². The zero-order chi connectivity index (χ0) is 21.6. The molecule has 1 atom stereocenters. The van der Waals surface area contributed by atoms with Gasteiger partial charge in [-0.15, -0.1) is 0 Å². The van der Waals surface area contributed by atoms with Crippen molar-refractivity contribution in [3.63, 3.8) is 0 Å². The molecule has 5 heteroatoms. The van der Waals surface area contributed by atoms with Crippen LogP contribution < -0.4 is 14.8 Å². The zero-order valence-corrected chi connectivity index (χ0v) is 18.7. The van der Waals surface area contributed by atoms with Crippen molar-refractivity contribution in [3.05, 3.63) is 59.2 Å². The molecule has 2 amide bonds. The number of methoxy groups -OCH3 is 2. The van der Waals surface area contributed by atoms with Gasteiger partial charge in [0.15, 0.2) is 11.5 Å². The van der Waals surface area contributed by atoms with E-state index in [1.807, 2.05) is 23.1 Å². The second-order valence-electron chi connectivity index (χ2n) is 8.71. The fourth-order valence-electron chi connectivity index (χ4n) is 5.06. The van der Waals surface area contributed by atoms with Crippen molar-refractivity contribution < 1.29 is 14.3 Å². The minimum Gasteiger partial charge on any atom is -0.493 e. The molecule has 1 fully saturated rings. The molecule has 0 radical (unpaired) electrons. The molecular weight excluding hydrogens is 388 g/mol. The molecule has 0 aromatic heterocycles. The highest BCUT2D eigenvalue weighted by Gasteiger charge is 2.30. The van der Waals surface area contributed by atoms with Gasteiger partial charge in [0, 0.05) is 12.6 Å². The van der Waals surface area contributed by atoms with Gasteiger partial charge in [0.2, 0.25) is 0 Å². The maximum Gasteiger partial charge on any atom is 0.318 e. The molecule has 4 rings (SSSR count). The minimum absolute atomic E-state index is 0.0448. The Morgan fingerprint density at radius 2 is 1.74 bits per heavy atom. The van der Waals surface area contributed by atoms with Crippen LogP contribution in [0.2, 0.25) is 0 Å². The maximum absolute atomic E-state index is 13.6. The van der Waals surface area contributed by atoms with Gasteiger partial charge in [-0.2, -0.15) is 0 Å². The Kier molecular flexibility index (Phi) is 7.00. The van der Waals surface area contributed by atoms with E-state index in [9.17, 15) is 4.79 Å². The number of benzene rings is 2. The topological polar surface area (TPSA) is 50.8 Å². The van der Waals surface area contributed by atoms with Crippen LogP contribution in [0, 0.1) is 0 Å². The van der Waals surface area contributed by atoms with Gasteiger partial charge in [0.25, 0.3) is 0 Å². The first-order valence-corrected chi connectivity index (χ1v) is 11.6. The number of hydrogen-bond acceptors (Lipinski definition) is 3. The third-order valence-electron chi connectivity index (χ3n) is 6.71. The van der Waals surface area contributed by atoms with E-state index in [0.717, 1.165) is 37.7 Å². The van der Waals surface area contributed by atoms with Crippen molar-refractivity contribution in [1.29, 1.82) is 0 Å². The number of nitrogens with zero attached hydrogens (tertiary/aromatic N) is 1. The highest BCUT2D eigenvalue weighted by atomic mass is 16.5. The number of fused-ring (bicyclic) bond motifs is 1. The summed E-state index contributed by atoms with van der Waals surface area (Å²) in [6.45, 7) is 0.540. The Morgan fingerprint density at radius 1 is 0.968 bits per heavy atom. The fourth-order valence-corrected chi connectivity index (χ4v) is 5.06. The fraction of sp³-hybridized carbons (Fsp3) is 0.500. The van der Waals surface area contributed by atoms with E-state index in [1.165, 1.54) is 30.4 Å². The average molecular weight is 423 g/mol. The van der Waals surface area contributed by atoms with Gasteiger partial charge >= 0.3 is 6.03 Å². The van der Waals surface area contributed by atoms with Crippen LogP contribution in [0.3, 0.4) is 0 Å². The quantitative estimate of drug-likeness (QED) is 0.657. The number of hydrogen-bond donors (Lipinski definition) is 1. The summed E-state index contributed by atoms with van der Waals surface area (Å²) >= 11 is 0. The van der Waals surface area contributed by atoms with Gasteiger partial charge in [-0.05, 0) is 60.9 Å². The molecule has 31 heavy (non-hydrogen) atoms. The molecule has 166 valence electrons. The summed E-state index contributed by atoms with van der Waals surface area (Å²) in [6.07, 6.45) is 9.01. The summed E-state index contributed by atoms with van der Waals surface area (Å²) in [5.41, 5.74) is 3.69. The number of rotatable bonds is 6. The lowest BCUT2D eigenvalue weighted by molar-refractivity contribution is 0.156. The molecule has 2 aliphatic carbocycles. The largest absolute Gasteiger partial charge is 0.493 e. The van der Waals surface area contributed by atoms with Gasteiger partial charge in [-0.3, -0.25) is 0 Å². The van der Waals surface area contributed by atoms with Crippen LogP contribution in [0.4, 0.5) is 4.79 Å². The summed E-state index contributed by atoms with van der Waals surface area (Å²) in [5, 5.41) is 3.35. The van der Waals surface area contributed by atoms with Crippen molar-refractivity contribution >= 4 is 6.03 Å². The number of urea groups is 1. The summed E-state index contributed by atoms with van der Waals surface area (Å²) in [5.74, 6) is 1.39. The molecule has 1 unspecified atom stereocenters. The Morgan fingerprint density at radius 3 is 2.52 bits per heavy atom. The number of nitrogens with one attached hydrogen (secondary N) is 1. The molecule has 0 saturated heterocycles. The molecule has 2 aromatic carbocycles. The molecule has 0 heterocycles. The van der Waals surface area contributed by atoms with Crippen LogP contribution in [0.5, 0.6) is 11.5 Å². The lowest BCUT2D eigenvalue weighted by Crippen LogP contribution is -2.47. The second kappa shape index (κ2) is 10.1. The number of aryl methyl sites for hydroxylation is 1. The molecule has 2 aliphatic rings. The van der Waals surface area contributed by atoms with Gasteiger partial charge in [0.05, 0.1) is 20.3 Å². The summed E-state index contributed by atoms with van der Waals surface area (Å²) in [4.78, 5) is 15.6. The number of ether oxygens (including phenoxy) is 2. The van der Waals surface area contributed by atoms with E-state index < -0.39 is 0 Å². The monoisotopic (exact) mass is 422 g/mol. The van der Waals surface area contributed by atoms with Crippen molar-refractivity contribution in [1.82, 2.24) is 10.2 Å². The van der Waals surface area contributed by atoms with E-state index in [1.54, 1.807) is 14.2 Å². The first-order valence-electron chi connectivity index (χ1n) is 11.6. The first-order chi connectivity index (χ1) is 15.2. The number of amides is 2. The highest BCUT2D eigenvalue weighted by molar-refractivity contribution is 5.75. The summed E-state index contributed by atoms with van der Waals surface area (Å²) < 4.78 is 10.9. The Balaban J connectivity index is 1.62. The lowest BCUT2D eigenvalue weighted by atomic mass is 9.86. The zero-order valence-electron chi connectivity index (χ0n) is 18.7. The molecule has 0 bridgehead atoms. The van der Waals surface area contributed by atoms with E-state index in [0.29, 0.717) is 18.0 Å². The number of carbonyl (C=O) groups excluding carboxylic acids is 1. The Hall–Kier alpha value is -2.69. The van der Waals surface area contributed by atoms with Gasteiger partial charge < -0.3 is 19.7 Å². The van der Waals surface area contributed by atoms with Crippen molar-refractivity contribution in [3.8, 4) is 11.5 Å². The normalized spacial score (nSPS) is 18.7. The van der Waals surface area contributed by atoms with Crippen LogP contribution in [-0.4, -0.2) is 31.2 Å². The minimum atomic E-state index is 0.0448. The molecule has 0 aliphatic heterocycles. The third-order valence-corrected chi connectivity index (χ3v) is 6.71. The average Bonchev–Trinajstić information content (AvgIpc) is 2.82. The molecular formula is C26H34N2O3. The molecule has 2 aromatic rings. The Bertz CT molecular complexity index is 892. The van der Waals surface area contributed by atoms with Crippen LogP contribution in [0.25, 0.3) is 0 Å². The van der Waals surface area contributed by atoms with Crippen LogP contribution in [0.1, 0.15) is 67.7 Å². The van der Waals surface area contributed by atoms with Crippen molar-refractivity contribution in [2.24, 2.45) is 0 Å². The summed E-state index contributed by atoms with van der Waals surface area (Å²) in [6, 6.07) is 14.9. The van der Waals surface area contributed by atoms with Crippen molar-refractivity contribution in [2.45, 2.75) is 70.0 Å². The Labute approximate surface area is 185 Å². The second-order valence-corrected chi connectivity index (χ2v) is 8.71. The van der Waals surface area contributed by atoms with E-state index >= 15 is 0 Å². The van der Waals surface area contributed by atoms with E-state index in [-0.39, 0.29) is 18.1 Å². The third kappa shape index (κ3) is 4.97. The smallest absolute Gasteiger partial charge is 0.318 e. The van der Waals surface area contributed by atoms with Crippen LogP contribution >= 0.6 is 0 Å². The number of carbonyl (C=O) groups is 1. The molecule has 1 saturated carbocycles. The van der Waals surface area contributed by atoms with Crippen molar-refractivity contribution in [2.75, 3.05) is 14.2 Å². The first kappa shape index (κ1) is 21.5. The molecule has 1 N–H and O–H groups in total. The van der Waals surface area contributed by atoms with Gasteiger partial charge in [0.1, 0.15) is 0 Å². The summed E-state index contributed by atoms with van der Waals surface area (Å²) in [7, 11) is 3.28. The van der Waals surface area contributed by atoms with Crippen LogP contribution in [0.15, 0.2) is 42.5 Å². The molecule has 0 spiro atoms. The van der Waals surface area contributed by atoms with Crippen LogP contribution in [-0.2, 0) is 13.0 Å². The lowest BCUT2D eigenvalue weighted by Gasteiger charge is -2.37. The SMILES string of the molecule is COc1ccc(CN(C(=O)NC2CCCCC2)C2CCCc3ccccc32)cc1OC. The van der Waals surface area contributed by atoms with Gasteiger partial charge in [-0.1, -0.05) is 49.6 Å². The maximum atomic E-state index is 13.6. The standard InChI is InChI=1S/C26H34N2O3/c1-30-24-16-15-19(17-25(24)31-2)18-28(26(29)27-21-11-4-3-5-12-21)23-14-8-10-20-9-6-7-13-22(20)23/h6-7,9,13,15-17,21,23H,3-5,8,10-12,14,18H2,1-2H3,(H,27,29). The molecule has 5 nitrogen and oxygen atoms in total. The van der Waals surface area contributed by atoms with E-state index in [2.05, 4.69) is 29.6 Å². The van der Waals surface area contributed by atoms with E-state index in [4.69, 9.17) is 9.47 Å². The highest BCUT2D eigenvalue weighted by Crippen LogP contribution is 2.36. The predicted molar refractivity (Wildman–Crippen MR) is 123 cm³/mol. The predicted octanol–water partition coefficient (Wildman–Crippen LogP) is 5.63.